The van der Waals surface area contributed by atoms with Crippen LogP contribution < -0.4 is 5.32 Å². The van der Waals surface area contributed by atoms with Gasteiger partial charge in [0, 0.05) is 19.6 Å². The van der Waals surface area contributed by atoms with Gasteiger partial charge in [0.1, 0.15) is 0 Å². The third kappa shape index (κ3) is 1.68. The average Bonchev–Trinajstić information content (AvgIpc) is 2.17. The first-order valence-electron chi connectivity index (χ1n) is 3.20. The number of hydrogen-bond acceptors (Lipinski definition) is 2. The average molecular weight is 129 g/mol. The second kappa shape index (κ2) is 2.82. The molecule has 1 aliphatic heterocycles. The molecule has 0 radical (unpaired) electrons. The first-order valence-corrected chi connectivity index (χ1v) is 3.20. The van der Waals surface area contributed by atoms with Crippen molar-refractivity contribution in [3.8, 4) is 0 Å². The highest BCUT2D eigenvalue weighted by Gasteiger charge is 2.19. The highest BCUT2D eigenvalue weighted by molar-refractivity contribution is 5.78. The Balaban J connectivity index is 2.22. The van der Waals surface area contributed by atoms with Gasteiger partial charge in [0.25, 0.3) is 0 Å². The first-order chi connectivity index (χ1) is 4.33. The number of nitrogens with one attached hydrogen (secondary N) is 1. The molecule has 1 rings (SSSR count). The van der Waals surface area contributed by atoms with E-state index in [-0.39, 0.29) is 12.5 Å². The van der Waals surface area contributed by atoms with Crippen LogP contribution in [0, 0.1) is 5.92 Å². The lowest BCUT2D eigenvalue weighted by atomic mass is 10.1. The molecule has 0 aliphatic carbocycles. The molecule has 52 valence electrons. The Kier molecular flexibility index (Phi) is 2.05. The van der Waals surface area contributed by atoms with Gasteiger partial charge in [0.2, 0.25) is 5.91 Å². The van der Waals surface area contributed by atoms with E-state index >= 15 is 0 Å². The predicted octanol–water partition coefficient (Wildman–Crippen LogP) is -0.495. The molecule has 1 heterocycles. The molecule has 1 aliphatic rings. The van der Waals surface area contributed by atoms with E-state index in [1.54, 1.807) is 0 Å². The lowest BCUT2D eigenvalue weighted by Crippen LogP contribution is -2.14. The van der Waals surface area contributed by atoms with Crippen molar-refractivity contribution < 1.29 is 9.90 Å². The van der Waals surface area contributed by atoms with E-state index in [1.165, 1.54) is 0 Å². The normalized spacial score (nSPS) is 26.3. The Morgan fingerprint density at radius 1 is 1.78 bits per heavy atom. The van der Waals surface area contributed by atoms with Gasteiger partial charge in [-0.1, -0.05) is 0 Å². The minimum Gasteiger partial charge on any atom is -0.396 e. The molecule has 0 spiro atoms. The van der Waals surface area contributed by atoms with Crippen LogP contribution in [0.2, 0.25) is 0 Å². The molecule has 0 aromatic rings. The second-order valence-corrected chi connectivity index (χ2v) is 2.39. The number of amides is 1. The largest absolute Gasteiger partial charge is 0.396 e. The van der Waals surface area contributed by atoms with Crippen molar-refractivity contribution >= 4 is 5.91 Å². The highest BCUT2D eigenvalue weighted by atomic mass is 16.3. The molecule has 3 heteroatoms. The summed E-state index contributed by atoms with van der Waals surface area (Å²) in [6, 6.07) is 0. The maximum absolute atomic E-state index is 10.5. The number of rotatable bonds is 2. The van der Waals surface area contributed by atoms with Gasteiger partial charge in [-0.3, -0.25) is 4.79 Å². The van der Waals surface area contributed by atoms with Crippen LogP contribution in [0.25, 0.3) is 0 Å². The number of carbonyl (C=O) groups is 1. The molecule has 0 aromatic heterocycles. The molecule has 9 heavy (non-hydrogen) atoms. The molecular formula is C6H11NO2. The van der Waals surface area contributed by atoms with E-state index in [2.05, 4.69) is 5.32 Å². The van der Waals surface area contributed by atoms with Gasteiger partial charge in [-0.15, -0.1) is 0 Å². The van der Waals surface area contributed by atoms with E-state index in [0.717, 1.165) is 13.0 Å². The van der Waals surface area contributed by atoms with E-state index < -0.39 is 0 Å². The minimum absolute atomic E-state index is 0.119. The fourth-order valence-electron chi connectivity index (χ4n) is 1.05. The fraction of sp³-hybridized carbons (Fsp3) is 0.833. The summed E-state index contributed by atoms with van der Waals surface area (Å²) in [6.45, 7) is 0.943. The highest BCUT2D eigenvalue weighted by Crippen LogP contribution is 2.11. The number of hydrogen-bond donors (Lipinski definition) is 2. The Hall–Kier alpha value is -0.570. The van der Waals surface area contributed by atoms with E-state index in [9.17, 15) is 4.79 Å². The summed E-state index contributed by atoms with van der Waals surface area (Å²) in [5.74, 6) is 0.496. The topological polar surface area (TPSA) is 49.3 Å². The third-order valence-corrected chi connectivity index (χ3v) is 1.60. The lowest BCUT2D eigenvalue weighted by Gasteiger charge is -2.00. The van der Waals surface area contributed by atoms with Gasteiger partial charge in [0.05, 0.1) is 0 Å². The summed E-state index contributed by atoms with van der Waals surface area (Å²) in [5, 5.41) is 11.2. The molecular weight excluding hydrogens is 118 g/mol. The summed E-state index contributed by atoms with van der Waals surface area (Å²) in [4.78, 5) is 10.5. The maximum Gasteiger partial charge on any atom is 0.220 e. The monoisotopic (exact) mass is 129 g/mol. The Morgan fingerprint density at radius 2 is 2.56 bits per heavy atom. The second-order valence-electron chi connectivity index (χ2n) is 2.39. The molecule has 0 unspecified atom stereocenters. The standard InChI is InChI=1S/C6H11NO2/c8-2-1-5-3-6(9)7-4-5/h5,8H,1-4H2,(H,7,9)/t5-/m0/s1. The van der Waals surface area contributed by atoms with Gasteiger partial charge in [0.15, 0.2) is 0 Å². The zero-order valence-electron chi connectivity index (χ0n) is 5.26. The van der Waals surface area contributed by atoms with Crippen molar-refractivity contribution in [2.75, 3.05) is 13.2 Å². The third-order valence-electron chi connectivity index (χ3n) is 1.60. The van der Waals surface area contributed by atoms with Crippen LogP contribution in [0.1, 0.15) is 12.8 Å². The molecule has 0 saturated carbocycles. The summed E-state index contributed by atoms with van der Waals surface area (Å²) in [5.41, 5.74) is 0. The number of aliphatic hydroxyl groups is 1. The first kappa shape index (κ1) is 6.55. The van der Waals surface area contributed by atoms with Gasteiger partial charge in [-0.25, -0.2) is 0 Å². The molecule has 0 bridgehead atoms. The molecule has 1 atom stereocenters. The van der Waals surface area contributed by atoms with Crippen LogP contribution in [-0.2, 0) is 4.79 Å². The number of aliphatic hydroxyl groups excluding tert-OH is 1. The maximum atomic E-state index is 10.5. The van der Waals surface area contributed by atoms with Crippen LogP contribution in [-0.4, -0.2) is 24.2 Å². The molecule has 0 aromatic carbocycles. The van der Waals surface area contributed by atoms with Gasteiger partial charge >= 0.3 is 0 Å². The molecule has 1 saturated heterocycles. The van der Waals surface area contributed by atoms with Crippen LogP contribution in [0.15, 0.2) is 0 Å². The zero-order chi connectivity index (χ0) is 6.69. The molecule has 3 nitrogen and oxygen atoms in total. The van der Waals surface area contributed by atoms with Crippen molar-refractivity contribution in [1.29, 1.82) is 0 Å². The molecule has 2 N–H and O–H groups in total. The molecule has 1 fully saturated rings. The van der Waals surface area contributed by atoms with Crippen molar-refractivity contribution in [3.05, 3.63) is 0 Å². The van der Waals surface area contributed by atoms with Crippen LogP contribution in [0.3, 0.4) is 0 Å². The lowest BCUT2D eigenvalue weighted by molar-refractivity contribution is -0.119. The van der Waals surface area contributed by atoms with Crippen molar-refractivity contribution in [3.63, 3.8) is 0 Å². The van der Waals surface area contributed by atoms with E-state index in [4.69, 9.17) is 5.11 Å². The van der Waals surface area contributed by atoms with E-state index in [0.29, 0.717) is 12.3 Å². The molecule has 1 amide bonds. The van der Waals surface area contributed by atoms with Crippen LogP contribution >= 0.6 is 0 Å². The summed E-state index contributed by atoms with van der Waals surface area (Å²) in [7, 11) is 0. The smallest absolute Gasteiger partial charge is 0.220 e. The quantitative estimate of drug-likeness (QED) is 0.528. The fourth-order valence-corrected chi connectivity index (χ4v) is 1.05. The van der Waals surface area contributed by atoms with Crippen molar-refractivity contribution in [1.82, 2.24) is 5.32 Å². The van der Waals surface area contributed by atoms with E-state index in [1.807, 2.05) is 0 Å². The Morgan fingerprint density at radius 3 is 3.00 bits per heavy atom. The van der Waals surface area contributed by atoms with Gasteiger partial charge in [-0.2, -0.15) is 0 Å². The Labute approximate surface area is 54.1 Å². The van der Waals surface area contributed by atoms with Gasteiger partial charge in [-0.05, 0) is 12.3 Å². The van der Waals surface area contributed by atoms with Crippen LogP contribution in [0.4, 0.5) is 0 Å². The van der Waals surface area contributed by atoms with Crippen LogP contribution in [0.5, 0.6) is 0 Å². The van der Waals surface area contributed by atoms with Crippen molar-refractivity contribution in [2.24, 2.45) is 5.92 Å². The Bertz CT molecular complexity index is 114. The zero-order valence-corrected chi connectivity index (χ0v) is 5.26. The summed E-state index contributed by atoms with van der Waals surface area (Å²) in [6.07, 6.45) is 1.35. The van der Waals surface area contributed by atoms with Crippen molar-refractivity contribution in [2.45, 2.75) is 12.8 Å². The SMILES string of the molecule is O=C1C[C@H](CCO)CN1. The summed E-state index contributed by atoms with van der Waals surface area (Å²) >= 11 is 0. The predicted molar refractivity (Wildman–Crippen MR) is 32.8 cm³/mol. The summed E-state index contributed by atoms with van der Waals surface area (Å²) < 4.78 is 0. The number of carbonyl (C=O) groups excluding carboxylic acids is 1. The van der Waals surface area contributed by atoms with Gasteiger partial charge < -0.3 is 10.4 Å². The minimum atomic E-state index is 0.119.